The largest absolute Gasteiger partial charge is 0.480 e. The summed E-state index contributed by atoms with van der Waals surface area (Å²) in [5, 5.41) is 11.1. The van der Waals surface area contributed by atoms with E-state index in [1.165, 1.54) is 7.11 Å². The number of carbonyl (C=O) groups is 2. The highest BCUT2D eigenvalue weighted by Crippen LogP contribution is 2.26. The molecule has 0 saturated carbocycles. The molecule has 150 valence electrons. The molecule has 8 heteroatoms. The normalized spacial score (nSPS) is 15.4. The van der Waals surface area contributed by atoms with Gasteiger partial charge < -0.3 is 20.1 Å². The Morgan fingerprint density at radius 1 is 1.18 bits per heavy atom. The lowest BCUT2D eigenvalue weighted by atomic mass is 10.1. The zero-order valence-corrected chi connectivity index (χ0v) is 18.6. The van der Waals surface area contributed by atoms with Crippen molar-refractivity contribution in [3.05, 3.63) is 57.5 Å². The Hall–Kier alpha value is -2.06. The molecule has 0 aromatic heterocycles. The number of nitrogens with one attached hydrogen (secondary N) is 1. The van der Waals surface area contributed by atoms with Crippen molar-refractivity contribution in [1.29, 1.82) is 0 Å². The Morgan fingerprint density at radius 2 is 1.86 bits per heavy atom. The van der Waals surface area contributed by atoms with E-state index in [0.29, 0.717) is 0 Å². The van der Waals surface area contributed by atoms with E-state index in [-0.39, 0.29) is 18.4 Å². The minimum absolute atomic E-state index is 0.0176. The summed E-state index contributed by atoms with van der Waals surface area (Å²) in [5.41, 5.74) is 1.95. The molecule has 2 aromatic carbocycles. The van der Waals surface area contributed by atoms with Crippen LogP contribution in [0.1, 0.15) is 6.42 Å². The van der Waals surface area contributed by atoms with Crippen molar-refractivity contribution in [3.8, 4) is 0 Å². The van der Waals surface area contributed by atoms with Crippen molar-refractivity contribution in [1.82, 2.24) is 0 Å². The number of benzene rings is 2. The molecule has 2 aromatic rings. The van der Waals surface area contributed by atoms with Gasteiger partial charge in [0.2, 0.25) is 0 Å². The van der Waals surface area contributed by atoms with Crippen molar-refractivity contribution in [3.63, 3.8) is 0 Å². The van der Waals surface area contributed by atoms with Crippen LogP contribution in [0.5, 0.6) is 0 Å². The third kappa shape index (κ3) is 7.16. The molecule has 0 amide bonds. The first-order valence-corrected chi connectivity index (χ1v) is 10.3. The highest BCUT2D eigenvalue weighted by Gasteiger charge is 2.29. The minimum Gasteiger partial charge on any atom is -0.480 e. The number of nitrogens with zero attached hydrogens (tertiary/aromatic N) is 1. The van der Waals surface area contributed by atoms with Crippen LogP contribution < -0.4 is 10.2 Å². The van der Waals surface area contributed by atoms with Crippen LogP contribution in [0.4, 0.5) is 11.4 Å². The molecule has 1 saturated heterocycles. The topological polar surface area (TPSA) is 78.9 Å². The molecule has 1 aliphatic rings. The van der Waals surface area contributed by atoms with Gasteiger partial charge in [0, 0.05) is 33.4 Å². The molecule has 28 heavy (non-hydrogen) atoms. The summed E-state index contributed by atoms with van der Waals surface area (Å²) >= 11 is 6.73. The van der Waals surface area contributed by atoms with E-state index in [2.05, 4.69) is 54.2 Å². The monoisotopic (exact) mass is 512 g/mol. The molecule has 6 nitrogen and oxygen atoms in total. The third-order valence-corrected chi connectivity index (χ3v) is 5.15. The van der Waals surface area contributed by atoms with Gasteiger partial charge in [-0.3, -0.25) is 9.59 Å². The van der Waals surface area contributed by atoms with Crippen molar-refractivity contribution in [2.24, 2.45) is 5.92 Å². The number of carboxylic acid groups (broad SMARTS) is 1. The quantitative estimate of drug-likeness (QED) is 0.577. The molecule has 0 radical (unpaired) electrons. The van der Waals surface area contributed by atoms with Crippen LogP contribution >= 0.6 is 31.9 Å². The number of carbonyl (C=O) groups excluding carboxylic acids is 1. The lowest BCUT2D eigenvalue weighted by Gasteiger charge is -2.18. The zero-order chi connectivity index (χ0) is 20.5. The van der Waals surface area contributed by atoms with Gasteiger partial charge in [-0.25, -0.2) is 0 Å². The molecular formula is C20H22Br2N2O4. The molecule has 0 bridgehead atoms. The predicted octanol–water partition coefficient (Wildman–Crippen LogP) is 4.39. The number of hydrogen-bond acceptors (Lipinski definition) is 5. The Labute approximate surface area is 181 Å². The second-order valence-corrected chi connectivity index (χ2v) is 8.02. The second kappa shape index (κ2) is 11.1. The number of ether oxygens (including phenoxy) is 1. The lowest BCUT2D eigenvalue weighted by Crippen LogP contribution is -2.23. The van der Waals surface area contributed by atoms with Gasteiger partial charge in [0.1, 0.15) is 6.54 Å². The van der Waals surface area contributed by atoms with E-state index in [1.807, 2.05) is 36.4 Å². The number of rotatable bonds is 5. The van der Waals surface area contributed by atoms with Crippen molar-refractivity contribution in [2.45, 2.75) is 6.42 Å². The summed E-state index contributed by atoms with van der Waals surface area (Å²) in [6.07, 6.45) is 0.874. The molecule has 1 aliphatic heterocycles. The van der Waals surface area contributed by atoms with Crippen molar-refractivity contribution >= 4 is 55.2 Å². The number of esters is 1. The van der Waals surface area contributed by atoms with Crippen LogP contribution in [0.15, 0.2) is 57.5 Å². The Balaban J connectivity index is 0.000000209. The Bertz CT molecular complexity index is 816. The van der Waals surface area contributed by atoms with Crippen LogP contribution in [-0.2, 0) is 14.3 Å². The molecular weight excluding hydrogens is 492 g/mol. The Morgan fingerprint density at radius 3 is 2.46 bits per heavy atom. The fraction of sp³-hybridized carbons (Fsp3) is 0.300. The van der Waals surface area contributed by atoms with Gasteiger partial charge >= 0.3 is 11.9 Å². The minimum atomic E-state index is -0.866. The smallest absolute Gasteiger partial charge is 0.322 e. The number of hydrogen-bond donors (Lipinski definition) is 2. The molecule has 3 rings (SSSR count). The summed E-state index contributed by atoms with van der Waals surface area (Å²) in [6.45, 7) is 1.61. The second-order valence-electron chi connectivity index (χ2n) is 6.19. The number of halogens is 2. The van der Waals surface area contributed by atoms with Gasteiger partial charge in [0.15, 0.2) is 0 Å². The van der Waals surface area contributed by atoms with E-state index in [0.717, 1.165) is 39.8 Å². The van der Waals surface area contributed by atoms with Gasteiger partial charge in [-0.1, -0.05) is 44.0 Å². The first-order valence-electron chi connectivity index (χ1n) is 8.68. The van der Waals surface area contributed by atoms with Gasteiger partial charge in [-0.05, 0) is 42.8 Å². The molecule has 1 atom stereocenters. The molecule has 0 aliphatic carbocycles. The molecule has 1 heterocycles. The van der Waals surface area contributed by atoms with Gasteiger partial charge in [-0.15, -0.1) is 0 Å². The average molecular weight is 514 g/mol. The van der Waals surface area contributed by atoms with E-state index in [4.69, 9.17) is 9.84 Å². The molecule has 1 unspecified atom stereocenters. The van der Waals surface area contributed by atoms with E-state index >= 15 is 0 Å². The van der Waals surface area contributed by atoms with E-state index in [9.17, 15) is 9.59 Å². The van der Waals surface area contributed by atoms with Gasteiger partial charge in [0.05, 0.1) is 13.0 Å². The van der Waals surface area contributed by atoms with Crippen LogP contribution in [-0.4, -0.2) is 43.8 Å². The molecule has 1 fully saturated rings. The van der Waals surface area contributed by atoms with Crippen LogP contribution in [0, 0.1) is 5.92 Å². The summed E-state index contributed by atoms with van der Waals surface area (Å²) in [5.74, 6) is -0.948. The summed E-state index contributed by atoms with van der Waals surface area (Å²) < 4.78 is 6.76. The molecule has 0 spiro atoms. The summed E-state index contributed by atoms with van der Waals surface area (Å²) in [6, 6.07) is 15.5. The maximum atomic E-state index is 11.4. The summed E-state index contributed by atoms with van der Waals surface area (Å²) in [4.78, 5) is 23.8. The van der Waals surface area contributed by atoms with Gasteiger partial charge in [0.25, 0.3) is 0 Å². The Kier molecular flexibility index (Phi) is 8.79. The number of carboxylic acids is 1. The third-order valence-electron chi connectivity index (χ3n) is 4.16. The summed E-state index contributed by atoms with van der Waals surface area (Å²) in [7, 11) is 1.45. The van der Waals surface area contributed by atoms with Gasteiger partial charge in [-0.2, -0.15) is 0 Å². The predicted molar refractivity (Wildman–Crippen MR) is 117 cm³/mol. The fourth-order valence-corrected chi connectivity index (χ4v) is 3.59. The van der Waals surface area contributed by atoms with Crippen molar-refractivity contribution < 1.29 is 19.4 Å². The highest BCUT2D eigenvalue weighted by atomic mass is 79.9. The maximum Gasteiger partial charge on any atom is 0.322 e. The first kappa shape index (κ1) is 22.2. The van der Waals surface area contributed by atoms with Crippen LogP contribution in [0.2, 0.25) is 0 Å². The maximum absolute atomic E-state index is 11.4. The van der Waals surface area contributed by atoms with Crippen LogP contribution in [0.3, 0.4) is 0 Å². The average Bonchev–Trinajstić information content (AvgIpc) is 3.17. The van der Waals surface area contributed by atoms with Crippen LogP contribution in [0.25, 0.3) is 0 Å². The number of aliphatic carboxylic acids is 1. The number of anilines is 2. The lowest BCUT2D eigenvalue weighted by molar-refractivity contribution is -0.144. The highest BCUT2D eigenvalue weighted by molar-refractivity contribution is 9.10. The standard InChI is InChI=1S/C12H14BrNO2.C8H8BrNO2/c1-16-12(15)9-5-6-14(8-9)11-4-2-3-10(13)7-11;9-6-2-1-3-7(4-6)10-5-8(11)12/h2-4,7,9H,5-6,8H2,1H3;1-4,10H,5H2,(H,11,12). The zero-order valence-electron chi connectivity index (χ0n) is 15.4. The SMILES string of the molecule is COC(=O)C1CCN(c2cccc(Br)c2)C1.O=C(O)CNc1cccc(Br)c1. The molecule has 2 N–H and O–H groups in total. The van der Waals surface area contributed by atoms with Crippen molar-refractivity contribution in [2.75, 3.05) is 37.0 Å². The van der Waals surface area contributed by atoms with E-state index < -0.39 is 5.97 Å². The fourth-order valence-electron chi connectivity index (χ4n) is 2.80. The van der Waals surface area contributed by atoms with E-state index in [1.54, 1.807) is 0 Å². The number of methoxy groups -OCH3 is 1. The first-order chi connectivity index (χ1) is 13.4.